The molecular formula is C16H9BrFN3. The molecule has 0 aliphatic rings. The summed E-state index contributed by atoms with van der Waals surface area (Å²) in [5.74, 6) is 0.0418. The Kier molecular flexibility index (Phi) is 3.55. The lowest BCUT2D eigenvalue weighted by atomic mass is 10.1. The van der Waals surface area contributed by atoms with E-state index in [0.29, 0.717) is 11.4 Å². The Labute approximate surface area is 128 Å². The van der Waals surface area contributed by atoms with E-state index in [2.05, 4.69) is 32.0 Å². The van der Waals surface area contributed by atoms with Gasteiger partial charge in [0.1, 0.15) is 17.7 Å². The number of nitrogens with zero attached hydrogens (tertiary/aromatic N) is 2. The lowest BCUT2D eigenvalue weighted by Gasteiger charge is -1.99. The molecule has 3 rings (SSSR count). The van der Waals surface area contributed by atoms with Crippen LogP contribution in [0, 0.1) is 17.1 Å². The zero-order valence-electron chi connectivity index (χ0n) is 10.8. The molecule has 0 aliphatic heterocycles. The lowest BCUT2D eigenvalue weighted by Crippen LogP contribution is -1.87. The van der Waals surface area contributed by atoms with Gasteiger partial charge < -0.3 is 4.98 Å². The summed E-state index contributed by atoms with van der Waals surface area (Å²) in [4.78, 5) is 7.42. The molecule has 102 valence electrons. The second-order valence-electron chi connectivity index (χ2n) is 4.44. The molecule has 0 fully saturated rings. The molecule has 0 aliphatic carbocycles. The van der Waals surface area contributed by atoms with Gasteiger partial charge in [0, 0.05) is 10.0 Å². The molecule has 0 amide bonds. The third kappa shape index (κ3) is 2.71. The highest BCUT2D eigenvalue weighted by molar-refractivity contribution is 9.10. The summed E-state index contributed by atoms with van der Waals surface area (Å²) < 4.78 is 14.5. The predicted octanol–water partition coefficient (Wildman–Crippen LogP) is 4.53. The zero-order chi connectivity index (χ0) is 14.8. The minimum absolute atomic E-state index is 0.281. The number of halogens is 2. The van der Waals surface area contributed by atoms with Gasteiger partial charge in [-0.05, 0) is 36.4 Å². The summed E-state index contributed by atoms with van der Waals surface area (Å²) in [5.41, 5.74) is 2.22. The third-order valence-corrected chi connectivity index (χ3v) is 3.52. The Morgan fingerprint density at radius 3 is 2.86 bits per heavy atom. The maximum atomic E-state index is 13.8. The molecule has 2 aromatic carbocycles. The summed E-state index contributed by atoms with van der Waals surface area (Å²) in [6.45, 7) is 0. The van der Waals surface area contributed by atoms with Gasteiger partial charge in [-0.1, -0.05) is 28.1 Å². The van der Waals surface area contributed by atoms with Gasteiger partial charge in [-0.15, -0.1) is 0 Å². The largest absolute Gasteiger partial charge is 0.337 e. The molecule has 3 nitrogen and oxygen atoms in total. The highest BCUT2D eigenvalue weighted by atomic mass is 79.9. The van der Waals surface area contributed by atoms with E-state index >= 15 is 0 Å². The van der Waals surface area contributed by atoms with Crippen molar-refractivity contribution in [3.05, 3.63) is 64.1 Å². The standard InChI is InChI=1S/C16H9BrFN3/c17-12-5-6-13(18)10(8-12)7-11(9-19)16-20-14-3-1-2-4-15(14)21-16/h1-8H,(H,20,21)/b11-7-. The van der Waals surface area contributed by atoms with Gasteiger partial charge in [-0.25, -0.2) is 9.37 Å². The first-order chi connectivity index (χ1) is 10.2. The molecule has 0 saturated heterocycles. The summed E-state index contributed by atoms with van der Waals surface area (Å²) in [5, 5.41) is 9.31. The van der Waals surface area contributed by atoms with Crippen LogP contribution in [0.4, 0.5) is 4.39 Å². The number of nitriles is 1. The van der Waals surface area contributed by atoms with Gasteiger partial charge in [-0.3, -0.25) is 0 Å². The Morgan fingerprint density at radius 2 is 2.10 bits per heavy atom. The second kappa shape index (κ2) is 5.51. The molecule has 0 unspecified atom stereocenters. The normalized spacial score (nSPS) is 11.6. The SMILES string of the molecule is N#C/C(=C/c1cc(Br)ccc1F)c1nc2ccccc2[nH]1. The molecular weight excluding hydrogens is 333 g/mol. The van der Waals surface area contributed by atoms with Crippen LogP contribution in [0.5, 0.6) is 0 Å². The second-order valence-corrected chi connectivity index (χ2v) is 5.35. The summed E-state index contributed by atoms with van der Waals surface area (Å²) in [7, 11) is 0. The number of hydrogen-bond acceptors (Lipinski definition) is 2. The molecule has 0 radical (unpaired) electrons. The fraction of sp³-hybridized carbons (Fsp3) is 0. The van der Waals surface area contributed by atoms with Crippen molar-refractivity contribution >= 4 is 38.6 Å². The van der Waals surface area contributed by atoms with Crippen molar-refractivity contribution < 1.29 is 4.39 Å². The molecule has 0 saturated carbocycles. The minimum Gasteiger partial charge on any atom is -0.337 e. The van der Waals surface area contributed by atoms with Crippen molar-refractivity contribution in [1.29, 1.82) is 5.26 Å². The number of aromatic amines is 1. The maximum absolute atomic E-state index is 13.8. The number of aromatic nitrogens is 2. The minimum atomic E-state index is -0.387. The van der Waals surface area contributed by atoms with Crippen LogP contribution in [0.3, 0.4) is 0 Å². The summed E-state index contributed by atoms with van der Waals surface area (Å²) >= 11 is 3.29. The van der Waals surface area contributed by atoms with E-state index in [9.17, 15) is 9.65 Å². The highest BCUT2D eigenvalue weighted by Gasteiger charge is 2.09. The Balaban J connectivity index is 2.11. The number of benzene rings is 2. The third-order valence-electron chi connectivity index (χ3n) is 3.02. The van der Waals surface area contributed by atoms with Crippen LogP contribution in [0.25, 0.3) is 22.7 Å². The smallest absolute Gasteiger partial charge is 0.149 e. The van der Waals surface area contributed by atoms with E-state index in [1.165, 1.54) is 12.1 Å². The predicted molar refractivity (Wildman–Crippen MR) is 83.7 cm³/mol. The molecule has 0 atom stereocenters. The molecule has 0 bridgehead atoms. The van der Waals surface area contributed by atoms with Crippen LogP contribution in [0.1, 0.15) is 11.4 Å². The van der Waals surface area contributed by atoms with Gasteiger partial charge >= 0.3 is 0 Å². The van der Waals surface area contributed by atoms with Crippen molar-refractivity contribution in [2.75, 3.05) is 0 Å². The number of allylic oxidation sites excluding steroid dienone is 1. The first-order valence-corrected chi connectivity index (χ1v) is 6.98. The van der Waals surface area contributed by atoms with Gasteiger partial charge in [-0.2, -0.15) is 5.26 Å². The van der Waals surface area contributed by atoms with Gasteiger partial charge in [0.2, 0.25) is 0 Å². The van der Waals surface area contributed by atoms with Gasteiger partial charge in [0.15, 0.2) is 0 Å². The van der Waals surface area contributed by atoms with Crippen LogP contribution in [-0.2, 0) is 0 Å². The first kappa shape index (κ1) is 13.5. The summed E-state index contributed by atoms with van der Waals surface area (Å²) in [6.07, 6.45) is 1.48. The summed E-state index contributed by atoms with van der Waals surface area (Å²) in [6, 6.07) is 14.1. The molecule has 3 aromatic rings. The van der Waals surface area contributed by atoms with Crippen LogP contribution in [-0.4, -0.2) is 9.97 Å². The van der Waals surface area contributed by atoms with Crippen molar-refractivity contribution in [1.82, 2.24) is 9.97 Å². The monoisotopic (exact) mass is 341 g/mol. The fourth-order valence-electron chi connectivity index (χ4n) is 2.01. The van der Waals surface area contributed by atoms with E-state index in [-0.39, 0.29) is 11.4 Å². The number of rotatable bonds is 2. The maximum Gasteiger partial charge on any atom is 0.149 e. The Morgan fingerprint density at radius 1 is 1.29 bits per heavy atom. The number of para-hydroxylation sites is 2. The number of imidazole rings is 1. The van der Waals surface area contributed by atoms with E-state index in [1.807, 2.05) is 24.3 Å². The van der Waals surface area contributed by atoms with Crippen molar-refractivity contribution in [2.24, 2.45) is 0 Å². The number of nitrogens with one attached hydrogen (secondary N) is 1. The topological polar surface area (TPSA) is 52.5 Å². The highest BCUT2D eigenvalue weighted by Crippen LogP contribution is 2.22. The van der Waals surface area contributed by atoms with Crippen LogP contribution in [0.15, 0.2) is 46.9 Å². The number of hydrogen-bond donors (Lipinski definition) is 1. The Hall–Kier alpha value is -2.45. The molecule has 1 N–H and O–H groups in total. The zero-order valence-corrected chi connectivity index (χ0v) is 12.4. The quantitative estimate of drug-likeness (QED) is 0.696. The average Bonchev–Trinajstić information content (AvgIpc) is 2.91. The van der Waals surface area contributed by atoms with Gasteiger partial charge in [0.05, 0.1) is 16.6 Å². The molecule has 5 heteroatoms. The molecule has 21 heavy (non-hydrogen) atoms. The Bertz CT molecular complexity index is 857. The van der Waals surface area contributed by atoms with Crippen molar-refractivity contribution in [2.45, 2.75) is 0 Å². The van der Waals surface area contributed by atoms with E-state index in [1.54, 1.807) is 12.1 Å². The molecule has 0 spiro atoms. The van der Waals surface area contributed by atoms with Crippen molar-refractivity contribution in [3.63, 3.8) is 0 Å². The number of fused-ring (bicyclic) bond motifs is 1. The molecule has 1 heterocycles. The van der Waals surface area contributed by atoms with E-state index < -0.39 is 0 Å². The fourth-order valence-corrected chi connectivity index (χ4v) is 2.39. The van der Waals surface area contributed by atoms with Crippen LogP contribution in [0.2, 0.25) is 0 Å². The molecule has 1 aromatic heterocycles. The first-order valence-electron chi connectivity index (χ1n) is 6.19. The van der Waals surface area contributed by atoms with Crippen molar-refractivity contribution in [3.8, 4) is 6.07 Å². The van der Waals surface area contributed by atoms with E-state index in [0.717, 1.165) is 15.5 Å². The average molecular weight is 342 g/mol. The van der Waals surface area contributed by atoms with Crippen LogP contribution >= 0.6 is 15.9 Å². The van der Waals surface area contributed by atoms with Gasteiger partial charge in [0.25, 0.3) is 0 Å². The number of H-pyrrole nitrogens is 1. The lowest BCUT2D eigenvalue weighted by molar-refractivity contribution is 0.625. The van der Waals surface area contributed by atoms with Crippen LogP contribution < -0.4 is 0 Å². The van der Waals surface area contributed by atoms with E-state index in [4.69, 9.17) is 0 Å².